The van der Waals surface area contributed by atoms with Gasteiger partial charge < -0.3 is 19.7 Å². The van der Waals surface area contributed by atoms with Gasteiger partial charge in [-0.25, -0.2) is 9.97 Å². The quantitative estimate of drug-likeness (QED) is 0.361. The second-order valence-electron chi connectivity index (χ2n) is 8.60. The lowest BCUT2D eigenvalue weighted by Gasteiger charge is -2.31. The van der Waals surface area contributed by atoms with Crippen molar-refractivity contribution in [1.29, 1.82) is 0 Å². The summed E-state index contributed by atoms with van der Waals surface area (Å²) in [5, 5.41) is 4.65. The Labute approximate surface area is 214 Å². The van der Waals surface area contributed by atoms with Gasteiger partial charge in [-0.1, -0.05) is 17.7 Å². The van der Waals surface area contributed by atoms with Crippen LogP contribution in [0.15, 0.2) is 67.1 Å². The van der Waals surface area contributed by atoms with E-state index in [4.69, 9.17) is 21.1 Å². The highest BCUT2D eigenvalue weighted by Gasteiger charge is 2.22. The number of benzene rings is 2. The van der Waals surface area contributed by atoms with Crippen molar-refractivity contribution in [2.75, 3.05) is 18.4 Å². The minimum Gasteiger partial charge on any atom is -0.490 e. The van der Waals surface area contributed by atoms with Crippen LogP contribution in [0.4, 0.5) is 11.5 Å². The van der Waals surface area contributed by atoms with Gasteiger partial charge in [0.05, 0.1) is 16.2 Å². The molecule has 0 bridgehead atoms. The van der Waals surface area contributed by atoms with Crippen molar-refractivity contribution in [1.82, 2.24) is 19.9 Å². The van der Waals surface area contributed by atoms with Gasteiger partial charge in [0, 0.05) is 50.1 Å². The maximum absolute atomic E-state index is 11.6. The van der Waals surface area contributed by atoms with Crippen molar-refractivity contribution in [2.45, 2.75) is 32.5 Å². The molecule has 1 aliphatic rings. The minimum atomic E-state index is 0.0662. The molecular formula is C27H26ClN5O3. The first-order valence-electron chi connectivity index (χ1n) is 11.8. The zero-order valence-electron chi connectivity index (χ0n) is 19.9. The standard InChI is InChI=1S/C27H26ClN5O3/c1-18(34)33-12-9-21(10-13-33)36-22-6-7-25-23(15-22)27(31-17-30-25)32-19-5-8-26(24(28)14-19)35-16-20-4-2-3-11-29-20/h2-8,11,14-15,17,21H,9-10,12-13,16H2,1H3,(H,30,31,32). The van der Waals surface area contributed by atoms with Gasteiger partial charge >= 0.3 is 0 Å². The molecule has 1 aliphatic heterocycles. The average Bonchev–Trinajstić information content (AvgIpc) is 2.89. The van der Waals surface area contributed by atoms with E-state index < -0.39 is 0 Å². The summed E-state index contributed by atoms with van der Waals surface area (Å²) < 4.78 is 12.1. The van der Waals surface area contributed by atoms with Gasteiger partial charge in [0.1, 0.15) is 36.4 Å². The van der Waals surface area contributed by atoms with Crippen LogP contribution in [0.2, 0.25) is 5.02 Å². The monoisotopic (exact) mass is 503 g/mol. The molecule has 0 atom stereocenters. The number of rotatable bonds is 7. The second-order valence-corrected chi connectivity index (χ2v) is 9.01. The molecule has 0 radical (unpaired) electrons. The Morgan fingerprint density at radius 1 is 1.08 bits per heavy atom. The normalized spacial score (nSPS) is 14.0. The van der Waals surface area contributed by atoms with Gasteiger partial charge in [-0.2, -0.15) is 0 Å². The SMILES string of the molecule is CC(=O)N1CCC(Oc2ccc3ncnc(Nc4ccc(OCc5ccccn5)c(Cl)c4)c3c2)CC1. The molecule has 4 aromatic rings. The highest BCUT2D eigenvalue weighted by Crippen LogP contribution is 2.32. The Kier molecular flexibility index (Phi) is 7.13. The highest BCUT2D eigenvalue weighted by atomic mass is 35.5. The summed E-state index contributed by atoms with van der Waals surface area (Å²) in [6.45, 7) is 3.37. The number of carbonyl (C=O) groups excluding carboxylic acids is 1. The first-order chi connectivity index (χ1) is 17.5. The molecule has 3 heterocycles. The number of ether oxygens (including phenoxy) is 2. The second kappa shape index (κ2) is 10.8. The fourth-order valence-electron chi connectivity index (χ4n) is 4.16. The minimum absolute atomic E-state index is 0.0662. The summed E-state index contributed by atoms with van der Waals surface area (Å²) in [7, 11) is 0. The summed E-state index contributed by atoms with van der Waals surface area (Å²) in [4.78, 5) is 26.5. The lowest BCUT2D eigenvalue weighted by molar-refractivity contribution is -0.130. The van der Waals surface area contributed by atoms with E-state index in [0.29, 0.717) is 36.3 Å². The first-order valence-corrected chi connectivity index (χ1v) is 12.2. The van der Waals surface area contributed by atoms with Crippen LogP contribution in [0, 0.1) is 0 Å². The van der Waals surface area contributed by atoms with Crippen LogP contribution >= 0.6 is 11.6 Å². The van der Waals surface area contributed by atoms with Gasteiger partial charge in [0.25, 0.3) is 0 Å². The number of hydrogen-bond donors (Lipinski definition) is 1. The van der Waals surface area contributed by atoms with Crippen molar-refractivity contribution in [3.05, 3.63) is 77.8 Å². The van der Waals surface area contributed by atoms with Gasteiger partial charge in [-0.15, -0.1) is 0 Å². The predicted octanol–water partition coefficient (Wildman–Crippen LogP) is 5.39. The summed E-state index contributed by atoms with van der Waals surface area (Å²) in [6.07, 6.45) is 4.93. The summed E-state index contributed by atoms with van der Waals surface area (Å²) >= 11 is 6.48. The van der Waals surface area contributed by atoms with Crippen molar-refractivity contribution in [2.24, 2.45) is 0 Å². The van der Waals surface area contributed by atoms with Crippen LogP contribution in [0.1, 0.15) is 25.5 Å². The van der Waals surface area contributed by atoms with Crippen LogP contribution in [-0.4, -0.2) is 45.0 Å². The van der Waals surface area contributed by atoms with Gasteiger partial charge in [-0.3, -0.25) is 9.78 Å². The Morgan fingerprint density at radius 3 is 2.69 bits per heavy atom. The molecule has 1 amide bonds. The maximum atomic E-state index is 11.6. The Bertz CT molecular complexity index is 1360. The lowest BCUT2D eigenvalue weighted by Crippen LogP contribution is -2.40. The molecule has 2 aromatic heterocycles. The molecular weight excluding hydrogens is 478 g/mol. The molecule has 5 rings (SSSR count). The number of piperidine rings is 1. The fraction of sp³-hybridized carbons (Fsp3) is 0.259. The molecule has 0 unspecified atom stereocenters. The largest absolute Gasteiger partial charge is 0.490 e. The fourth-order valence-corrected chi connectivity index (χ4v) is 4.39. The molecule has 36 heavy (non-hydrogen) atoms. The number of nitrogens with one attached hydrogen (secondary N) is 1. The number of likely N-dealkylation sites (tertiary alicyclic amines) is 1. The van der Waals surface area contributed by atoms with E-state index in [0.717, 1.165) is 40.9 Å². The molecule has 2 aromatic carbocycles. The summed E-state index contributed by atoms with van der Waals surface area (Å²) in [5.41, 5.74) is 2.39. The number of nitrogens with zero attached hydrogens (tertiary/aromatic N) is 4. The molecule has 1 N–H and O–H groups in total. The van der Waals surface area contributed by atoms with E-state index in [9.17, 15) is 4.79 Å². The van der Waals surface area contributed by atoms with Crippen molar-refractivity contribution in [3.8, 4) is 11.5 Å². The number of fused-ring (bicyclic) bond motifs is 1. The Balaban J connectivity index is 1.28. The summed E-state index contributed by atoms with van der Waals surface area (Å²) in [5.74, 6) is 2.08. The van der Waals surface area contributed by atoms with Gasteiger partial charge in [0.2, 0.25) is 5.91 Å². The van der Waals surface area contributed by atoms with Gasteiger partial charge in [-0.05, 0) is 48.5 Å². The van der Waals surface area contributed by atoms with Crippen LogP contribution in [0.5, 0.6) is 11.5 Å². The molecule has 0 aliphatic carbocycles. The number of amides is 1. The topological polar surface area (TPSA) is 89.5 Å². The number of halogens is 1. The van der Waals surface area contributed by atoms with Gasteiger partial charge in [0.15, 0.2) is 0 Å². The number of hydrogen-bond acceptors (Lipinski definition) is 7. The Morgan fingerprint density at radius 2 is 1.94 bits per heavy atom. The van der Waals surface area contributed by atoms with E-state index in [-0.39, 0.29) is 12.0 Å². The van der Waals surface area contributed by atoms with Crippen molar-refractivity contribution >= 4 is 39.9 Å². The third kappa shape index (κ3) is 5.66. The molecule has 0 saturated carbocycles. The molecule has 8 nitrogen and oxygen atoms in total. The summed E-state index contributed by atoms with van der Waals surface area (Å²) in [6, 6.07) is 17.0. The lowest BCUT2D eigenvalue weighted by atomic mass is 10.1. The number of anilines is 2. The number of carbonyl (C=O) groups is 1. The van der Waals surface area contributed by atoms with Crippen molar-refractivity contribution in [3.63, 3.8) is 0 Å². The molecule has 9 heteroatoms. The molecule has 1 fully saturated rings. The van der Waals surface area contributed by atoms with E-state index in [1.807, 2.05) is 53.4 Å². The molecule has 1 saturated heterocycles. The average molecular weight is 504 g/mol. The van der Waals surface area contributed by atoms with E-state index in [1.165, 1.54) is 6.33 Å². The third-order valence-electron chi connectivity index (χ3n) is 6.09. The predicted molar refractivity (Wildman–Crippen MR) is 139 cm³/mol. The number of aromatic nitrogens is 3. The zero-order chi connectivity index (χ0) is 24.9. The molecule has 0 spiro atoms. The van der Waals surface area contributed by atoms with Crippen LogP contribution in [-0.2, 0) is 11.4 Å². The van der Waals surface area contributed by atoms with Crippen LogP contribution in [0.3, 0.4) is 0 Å². The van der Waals surface area contributed by atoms with Crippen LogP contribution in [0.25, 0.3) is 10.9 Å². The van der Waals surface area contributed by atoms with E-state index in [1.54, 1.807) is 19.2 Å². The zero-order valence-corrected chi connectivity index (χ0v) is 20.6. The van der Waals surface area contributed by atoms with Crippen molar-refractivity contribution < 1.29 is 14.3 Å². The highest BCUT2D eigenvalue weighted by molar-refractivity contribution is 6.32. The third-order valence-corrected chi connectivity index (χ3v) is 6.39. The van der Waals surface area contributed by atoms with E-state index in [2.05, 4.69) is 20.3 Å². The molecule has 184 valence electrons. The number of pyridine rings is 1. The first kappa shape index (κ1) is 23.8. The van der Waals surface area contributed by atoms with Crippen LogP contribution < -0.4 is 14.8 Å². The maximum Gasteiger partial charge on any atom is 0.219 e. The Hall–Kier alpha value is -3.91. The smallest absolute Gasteiger partial charge is 0.219 e. The van der Waals surface area contributed by atoms with E-state index >= 15 is 0 Å².